The molecule has 0 fully saturated rings. The number of nitrogens with zero attached hydrogens (tertiary/aromatic N) is 1. The molecule has 1 aliphatic rings. The number of amides is 2. The molecule has 8 heteroatoms. The van der Waals surface area contributed by atoms with E-state index in [4.69, 9.17) is 4.74 Å². The first-order chi connectivity index (χ1) is 14.4. The first-order valence-electron chi connectivity index (χ1n) is 9.16. The van der Waals surface area contributed by atoms with Crippen LogP contribution < -0.4 is 10.2 Å². The average Bonchev–Trinajstić information content (AvgIpc) is 2.76. The molecule has 1 atom stereocenters. The van der Waals surface area contributed by atoms with Crippen LogP contribution in [0.4, 0.5) is 11.4 Å². The molecule has 1 heterocycles. The first kappa shape index (κ1) is 20.8. The predicted octanol–water partition coefficient (Wildman–Crippen LogP) is 2.40. The minimum absolute atomic E-state index is 0.153. The van der Waals surface area contributed by atoms with E-state index >= 15 is 0 Å². The highest BCUT2D eigenvalue weighted by Crippen LogP contribution is 2.29. The van der Waals surface area contributed by atoms with E-state index in [1.807, 2.05) is 0 Å². The Morgan fingerprint density at radius 2 is 1.80 bits per heavy atom. The van der Waals surface area contributed by atoms with Gasteiger partial charge >= 0.3 is 11.9 Å². The van der Waals surface area contributed by atoms with Gasteiger partial charge in [0.25, 0.3) is 5.91 Å². The van der Waals surface area contributed by atoms with Crippen molar-refractivity contribution in [1.29, 1.82) is 0 Å². The SMILES string of the molecule is COC(=O)c1ccc(/C=C/C(=O)O[C@H](C)C(=O)N2CC(=O)Nc3ccccc32)cc1. The quantitative estimate of drug-likeness (QED) is 0.602. The Morgan fingerprint density at radius 3 is 2.50 bits per heavy atom. The van der Waals surface area contributed by atoms with E-state index in [9.17, 15) is 19.2 Å². The van der Waals surface area contributed by atoms with Crippen LogP contribution in [0, 0.1) is 0 Å². The molecule has 8 nitrogen and oxygen atoms in total. The van der Waals surface area contributed by atoms with E-state index in [2.05, 4.69) is 10.1 Å². The van der Waals surface area contributed by atoms with Crippen LogP contribution in [0.1, 0.15) is 22.8 Å². The molecule has 154 valence electrons. The zero-order valence-corrected chi connectivity index (χ0v) is 16.5. The number of methoxy groups -OCH3 is 1. The van der Waals surface area contributed by atoms with Gasteiger partial charge in [-0.25, -0.2) is 9.59 Å². The maximum Gasteiger partial charge on any atom is 0.337 e. The number of rotatable bonds is 5. The summed E-state index contributed by atoms with van der Waals surface area (Å²) in [5.41, 5.74) is 2.13. The van der Waals surface area contributed by atoms with Crippen LogP contribution in [0.2, 0.25) is 0 Å². The first-order valence-corrected chi connectivity index (χ1v) is 9.16. The minimum Gasteiger partial charge on any atom is -0.465 e. The second kappa shape index (κ2) is 9.04. The molecule has 2 amide bonds. The summed E-state index contributed by atoms with van der Waals surface area (Å²) in [5, 5.41) is 2.70. The lowest BCUT2D eigenvalue weighted by Gasteiger charge is -2.30. The number of esters is 2. The minimum atomic E-state index is -1.08. The summed E-state index contributed by atoms with van der Waals surface area (Å²) in [5.74, 6) is -1.98. The molecular formula is C22H20N2O6. The van der Waals surface area contributed by atoms with E-state index in [-0.39, 0.29) is 12.5 Å². The Kier molecular flexibility index (Phi) is 6.26. The summed E-state index contributed by atoms with van der Waals surface area (Å²) in [6.07, 6.45) is 1.61. The van der Waals surface area contributed by atoms with E-state index in [0.717, 1.165) is 0 Å². The van der Waals surface area contributed by atoms with Gasteiger partial charge in [-0.1, -0.05) is 24.3 Å². The third kappa shape index (κ3) is 4.72. The van der Waals surface area contributed by atoms with Crippen molar-refractivity contribution in [2.24, 2.45) is 0 Å². The topological polar surface area (TPSA) is 102 Å². The molecule has 0 saturated heterocycles. The van der Waals surface area contributed by atoms with Crippen molar-refractivity contribution in [2.75, 3.05) is 23.9 Å². The van der Waals surface area contributed by atoms with Gasteiger partial charge < -0.3 is 14.8 Å². The van der Waals surface area contributed by atoms with E-state index in [0.29, 0.717) is 22.5 Å². The summed E-state index contributed by atoms with van der Waals surface area (Å²) in [6, 6.07) is 13.3. The van der Waals surface area contributed by atoms with Crippen molar-refractivity contribution >= 4 is 41.2 Å². The highest BCUT2D eigenvalue weighted by Gasteiger charge is 2.31. The standard InChI is InChI=1S/C22H20N2O6/c1-14(21(27)24-13-19(25)23-17-5-3-4-6-18(17)24)30-20(26)12-9-15-7-10-16(11-8-15)22(28)29-2/h3-12,14H,13H2,1-2H3,(H,23,25)/b12-9+/t14-/m1/s1. The number of carbonyl (C=O) groups is 4. The molecule has 0 bridgehead atoms. The second-order valence-corrected chi connectivity index (χ2v) is 6.52. The van der Waals surface area contributed by atoms with Gasteiger partial charge in [0.2, 0.25) is 5.91 Å². The summed E-state index contributed by atoms with van der Waals surface area (Å²) < 4.78 is 9.82. The molecule has 0 radical (unpaired) electrons. The number of nitrogens with one attached hydrogen (secondary N) is 1. The smallest absolute Gasteiger partial charge is 0.337 e. The Morgan fingerprint density at radius 1 is 1.10 bits per heavy atom. The lowest BCUT2D eigenvalue weighted by molar-refractivity contribution is -0.149. The summed E-state index contributed by atoms with van der Waals surface area (Å²) in [7, 11) is 1.30. The highest BCUT2D eigenvalue weighted by molar-refractivity contribution is 6.11. The molecule has 1 N–H and O–H groups in total. The molecule has 0 saturated carbocycles. The van der Waals surface area contributed by atoms with Crippen molar-refractivity contribution in [3.63, 3.8) is 0 Å². The number of anilines is 2. The zero-order chi connectivity index (χ0) is 21.7. The van der Waals surface area contributed by atoms with Crippen molar-refractivity contribution in [2.45, 2.75) is 13.0 Å². The molecule has 1 aliphatic heterocycles. The lowest BCUT2D eigenvalue weighted by Crippen LogP contribution is -2.46. The van der Waals surface area contributed by atoms with Crippen LogP contribution in [0.15, 0.2) is 54.6 Å². The largest absolute Gasteiger partial charge is 0.465 e. The molecular weight excluding hydrogens is 388 g/mol. The van der Waals surface area contributed by atoms with Gasteiger partial charge in [-0.2, -0.15) is 0 Å². The van der Waals surface area contributed by atoms with E-state index in [1.165, 1.54) is 31.1 Å². The molecule has 0 aromatic heterocycles. The molecule has 0 spiro atoms. The average molecular weight is 408 g/mol. The molecule has 0 unspecified atom stereocenters. The number of para-hydroxylation sites is 2. The third-order valence-corrected chi connectivity index (χ3v) is 4.42. The number of benzene rings is 2. The highest BCUT2D eigenvalue weighted by atomic mass is 16.5. The van der Waals surface area contributed by atoms with Gasteiger partial charge in [0.05, 0.1) is 24.0 Å². The third-order valence-electron chi connectivity index (χ3n) is 4.42. The predicted molar refractivity (Wildman–Crippen MR) is 110 cm³/mol. The van der Waals surface area contributed by atoms with E-state index < -0.39 is 23.9 Å². The molecule has 3 rings (SSSR count). The molecule has 2 aromatic carbocycles. The Labute approximate surface area is 173 Å². The van der Waals surface area contributed by atoms with Crippen molar-refractivity contribution in [3.8, 4) is 0 Å². The monoisotopic (exact) mass is 408 g/mol. The number of hydrogen-bond donors (Lipinski definition) is 1. The van der Waals surface area contributed by atoms with Crippen LogP contribution in [0.25, 0.3) is 6.08 Å². The van der Waals surface area contributed by atoms with Gasteiger partial charge in [0.1, 0.15) is 6.54 Å². The second-order valence-electron chi connectivity index (χ2n) is 6.52. The number of ether oxygens (including phenoxy) is 2. The fourth-order valence-corrected chi connectivity index (χ4v) is 2.93. The number of carbonyl (C=O) groups excluding carboxylic acids is 4. The van der Waals surface area contributed by atoms with Crippen LogP contribution in [-0.4, -0.2) is 43.5 Å². The fourth-order valence-electron chi connectivity index (χ4n) is 2.93. The maximum absolute atomic E-state index is 12.7. The van der Waals surface area contributed by atoms with Gasteiger partial charge in [-0.05, 0) is 42.8 Å². The summed E-state index contributed by atoms with van der Waals surface area (Å²) in [6.45, 7) is 1.30. The van der Waals surface area contributed by atoms with Gasteiger partial charge in [0, 0.05) is 6.08 Å². The maximum atomic E-state index is 12.7. The van der Waals surface area contributed by atoms with Crippen LogP contribution in [0.3, 0.4) is 0 Å². The molecule has 30 heavy (non-hydrogen) atoms. The summed E-state index contributed by atoms with van der Waals surface area (Å²) >= 11 is 0. The number of hydrogen-bond acceptors (Lipinski definition) is 6. The molecule has 0 aliphatic carbocycles. The number of fused-ring (bicyclic) bond motifs is 1. The van der Waals surface area contributed by atoms with Crippen molar-refractivity contribution in [3.05, 3.63) is 65.7 Å². The van der Waals surface area contributed by atoms with Gasteiger partial charge in [-0.15, -0.1) is 0 Å². The molecule has 2 aromatic rings. The fraction of sp³-hybridized carbons (Fsp3) is 0.182. The normalized spacial score (nSPS) is 13.9. The van der Waals surface area contributed by atoms with Gasteiger partial charge in [-0.3, -0.25) is 14.5 Å². The van der Waals surface area contributed by atoms with Crippen LogP contribution >= 0.6 is 0 Å². The van der Waals surface area contributed by atoms with Gasteiger partial charge in [0.15, 0.2) is 6.10 Å². The zero-order valence-electron chi connectivity index (χ0n) is 16.5. The van der Waals surface area contributed by atoms with E-state index in [1.54, 1.807) is 48.5 Å². The Bertz CT molecular complexity index is 1010. The summed E-state index contributed by atoms with van der Waals surface area (Å²) in [4.78, 5) is 49.5. The lowest BCUT2D eigenvalue weighted by atomic mass is 10.1. The van der Waals surface area contributed by atoms with Crippen molar-refractivity contribution in [1.82, 2.24) is 0 Å². The van der Waals surface area contributed by atoms with Crippen LogP contribution in [0.5, 0.6) is 0 Å². The Balaban J connectivity index is 1.63. The van der Waals surface area contributed by atoms with Crippen LogP contribution in [-0.2, 0) is 23.9 Å². The van der Waals surface area contributed by atoms with Crippen molar-refractivity contribution < 1.29 is 28.7 Å². The Hall–Kier alpha value is -3.94.